The van der Waals surface area contributed by atoms with E-state index in [1.165, 1.54) is 0 Å². The van der Waals surface area contributed by atoms with Crippen LogP contribution in [0.5, 0.6) is 0 Å². The zero-order valence-corrected chi connectivity index (χ0v) is 12.6. The fraction of sp³-hybridized carbons (Fsp3) is 0.538. The van der Waals surface area contributed by atoms with E-state index in [9.17, 15) is 0 Å². The summed E-state index contributed by atoms with van der Waals surface area (Å²) in [4.78, 5) is 0. The van der Waals surface area contributed by atoms with E-state index >= 15 is 0 Å². The van der Waals surface area contributed by atoms with Crippen molar-refractivity contribution in [3.63, 3.8) is 0 Å². The molecule has 0 bridgehead atoms. The third kappa shape index (κ3) is 4.43. The molecule has 0 N–H and O–H groups in total. The summed E-state index contributed by atoms with van der Waals surface area (Å²) in [6, 6.07) is 7.82. The maximum absolute atomic E-state index is 5.98. The summed E-state index contributed by atoms with van der Waals surface area (Å²) in [5, 5.41) is 1.89. The molecule has 1 aromatic rings. The SMILES string of the molecule is CCCO[Si](C)(OCCC)c1ccc(Cl)cc1. The second-order valence-corrected chi connectivity index (χ2v) is 7.63. The molecule has 0 aromatic heterocycles. The van der Waals surface area contributed by atoms with Crippen LogP contribution >= 0.6 is 11.6 Å². The highest BCUT2D eigenvalue weighted by Gasteiger charge is 2.33. The van der Waals surface area contributed by atoms with Crippen LogP contribution in [0.25, 0.3) is 0 Å². The van der Waals surface area contributed by atoms with Gasteiger partial charge in [0.1, 0.15) is 0 Å². The molecule has 0 fully saturated rings. The molecule has 0 aliphatic heterocycles. The van der Waals surface area contributed by atoms with E-state index in [0.29, 0.717) is 0 Å². The molecule has 0 spiro atoms. The van der Waals surface area contributed by atoms with Gasteiger partial charge >= 0.3 is 8.56 Å². The summed E-state index contributed by atoms with van der Waals surface area (Å²) in [6.07, 6.45) is 2.01. The minimum absolute atomic E-state index is 0.745. The van der Waals surface area contributed by atoms with Crippen molar-refractivity contribution >= 4 is 25.3 Å². The summed E-state index contributed by atoms with van der Waals surface area (Å²) in [7, 11) is -2.25. The second kappa shape index (κ2) is 7.16. The van der Waals surface area contributed by atoms with Gasteiger partial charge in [-0.3, -0.25) is 0 Å². The van der Waals surface area contributed by atoms with Gasteiger partial charge < -0.3 is 8.85 Å². The Hall–Kier alpha value is -0.353. The quantitative estimate of drug-likeness (QED) is 0.708. The average molecular weight is 273 g/mol. The Bertz CT molecular complexity index is 319. The van der Waals surface area contributed by atoms with Crippen LogP contribution in [0.2, 0.25) is 11.6 Å². The maximum Gasteiger partial charge on any atom is 0.369 e. The van der Waals surface area contributed by atoms with Crippen molar-refractivity contribution in [2.24, 2.45) is 0 Å². The lowest BCUT2D eigenvalue weighted by molar-refractivity contribution is 0.185. The molecule has 1 rings (SSSR count). The Morgan fingerprint density at radius 3 is 1.88 bits per heavy atom. The number of hydrogen-bond acceptors (Lipinski definition) is 2. The van der Waals surface area contributed by atoms with E-state index < -0.39 is 8.56 Å². The molecule has 0 saturated heterocycles. The largest absolute Gasteiger partial charge is 0.391 e. The number of hydrogen-bond donors (Lipinski definition) is 0. The molecule has 96 valence electrons. The summed E-state index contributed by atoms with van der Waals surface area (Å²) < 4.78 is 12.0. The van der Waals surface area contributed by atoms with Crippen molar-refractivity contribution < 1.29 is 8.85 Å². The van der Waals surface area contributed by atoms with Gasteiger partial charge in [-0.1, -0.05) is 37.6 Å². The van der Waals surface area contributed by atoms with E-state index in [1.807, 2.05) is 24.3 Å². The van der Waals surface area contributed by atoms with E-state index in [4.69, 9.17) is 20.5 Å². The third-order valence-electron chi connectivity index (χ3n) is 2.53. The summed E-state index contributed by atoms with van der Waals surface area (Å²) in [6.45, 7) is 7.80. The number of benzene rings is 1. The number of rotatable bonds is 7. The van der Waals surface area contributed by atoms with Crippen molar-refractivity contribution in [3.8, 4) is 0 Å². The monoisotopic (exact) mass is 272 g/mol. The molecule has 0 aliphatic rings. The highest BCUT2D eigenvalue weighted by molar-refractivity contribution is 6.80. The first kappa shape index (κ1) is 14.7. The van der Waals surface area contributed by atoms with Crippen molar-refractivity contribution in [2.75, 3.05) is 13.2 Å². The van der Waals surface area contributed by atoms with Crippen molar-refractivity contribution in [1.29, 1.82) is 0 Å². The van der Waals surface area contributed by atoms with Gasteiger partial charge in [0.25, 0.3) is 0 Å². The molecule has 0 aliphatic carbocycles. The summed E-state index contributed by atoms with van der Waals surface area (Å²) in [5.41, 5.74) is 0. The molecule has 0 heterocycles. The van der Waals surface area contributed by atoms with Crippen LogP contribution in [-0.4, -0.2) is 21.8 Å². The van der Waals surface area contributed by atoms with Crippen molar-refractivity contribution in [3.05, 3.63) is 29.3 Å². The Morgan fingerprint density at radius 2 is 1.47 bits per heavy atom. The second-order valence-electron chi connectivity index (χ2n) is 4.15. The molecule has 0 radical (unpaired) electrons. The van der Waals surface area contributed by atoms with Crippen LogP contribution in [-0.2, 0) is 8.85 Å². The predicted molar refractivity (Wildman–Crippen MR) is 75.2 cm³/mol. The van der Waals surface area contributed by atoms with Crippen LogP contribution in [0, 0.1) is 0 Å². The Balaban J connectivity index is 2.83. The molecule has 0 atom stereocenters. The van der Waals surface area contributed by atoms with E-state index in [0.717, 1.165) is 36.3 Å². The first-order chi connectivity index (χ1) is 8.12. The normalized spacial score (nSPS) is 11.8. The summed E-state index contributed by atoms with van der Waals surface area (Å²) >= 11 is 5.90. The van der Waals surface area contributed by atoms with Crippen molar-refractivity contribution in [1.82, 2.24) is 0 Å². The Morgan fingerprint density at radius 1 is 1.00 bits per heavy atom. The first-order valence-corrected chi connectivity index (χ1v) is 8.85. The van der Waals surface area contributed by atoms with Gasteiger partial charge in [0.05, 0.1) is 0 Å². The summed E-state index contributed by atoms with van der Waals surface area (Å²) in [5.74, 6) is 0. The fourth-order valence-corrected chi connectivity index (χ4v) is 4.06. The highest BCUT2D eigenvalue weighted by Crippen LogP contribution is 2.12. The molecule has 0 unspecified atom stereocenters. The van der Waals surface area contributed by atoms with E-state index in [1.54, 1.807) is 0 Å². The van der Waals surface area contributed by atoms with Gasteiger partial charge in [0, 0.05) is 18.2 Å². The zero-order chi connectivity index (χ0) is 12.7. The molecule has 2 nitrogen and oxygen atoms in total. The molecular formula is C13H21ClO2Si. The van der Waals surface area contributed by atoms with Crippen LogP contribution in [0.3, 0.4) is 0 Å². The van der Waals surface area contributed by atoms with Crippen LogP contribution in [0.1, 0.15) is 26.7 Å². The topological polar surface area (TPSA) is 18.5 Å². The van der Waals surface area contributed by atoms with Gasteiger partial charge in [-0.2, -0.15) is 0 Å². The van der Waals surface area contributed by atoms with Crippen LogP contribution in [0.4, 0.5) is 0 Å². The van der Waals surface area contributed by atoms with Crippen molar-refractivity contribution in [2.45, 2.75) is 33.2 Å². The zero-order valence-electron chi connectivity index (χ0n) is 10.8. The minimum Gasteiger partial charge on any atom is -0.391 e. The standard InChI is InChI=1S/C13H21ClO2Si/c1-4-10-15-17(3,16-11-5-2)13-8-6-12(14)7-9-13/h6-9H,4-5,10-11H2,1-3H3. The lowest BCUT2D eigenvalue weighted by Gasteiger charge is -2.27. The molecule has 1 aromatic carbocycles. The molecule has 4 heteroatoms. The predicted octanol–water partition coefficient (Wildman–Crippen LogP) is 3.47. The van der Waals surface area contributed by atoms with E-state index in [2.05, 4.69) is 20.4 Å². The van der Waals surface area contributed by atoms with Gasteiger partial charge in [-0.25, -0.2) is 0 Å². The molecule has 17 heavy (non-hydrogen) atoms. The lowest BCUT2D eigenvalue weighted by Crippen LogP contribution is -2.51. The first-order valence-electron chi connectivity index (χ1n) is 6.16. The average Bonchev–Trinajstić information content (AvgIpc) is 2.34. The van der Waals surface area contributed by atoms with Gasteiger partial charge in [-0.15, -0.1) is 0 Å². The van der Waals surface area contributed by atoms with E-state index in [-0.39, 0.29) is 0 Å². The minimum atomic E-state index is -2.25. The molecule has 0 saturated carbocycles. The van der Waals surface area contributed by atoms with Crippen LogP contribution in [0.15, 0.2) is 24.3 Å². The van der Waals surface area contributed by atoms with Gasteiger partial charge in [0.2, 0.25) is 0 Å². The van der Waals surface area contributed by atoms with Gasteiger partial charge in [-0.05, 0) is 36.7 Å². The fourth-order valence-electron chi connectivity index (χ4n) is 1.55. The number of halogens is 1. The lowest BCUT2D eigenvalue weighted by atomic mass is 10.4. The Kier molecular flexibility index (Phi) is 6.20. The Labute approximate surface area is 110 Å². The molecular weight excluding hydrogens is 252 g/mol. The van der Waals surface area contributed by atoms with Gasteiger partial charge in [0.15, 0.2) is 0 Å². The smallest absolute Gasteiger partial charge is 0.369 e. The maximum atomic E-state index is 5.98. The highest BCUT2D eigenvalue weighted by atomic mass is 35.5. The molecule has 0 amide bonds. The third-order valence-corrected chi connectivity index (χ3v) is 5.68. The van der Waals surface area contributed by atoms with Crippen LogP contribution < -0.4 is 5.19 Å².